The lowest BCUT2D eigenvalue weighted by Crippen LogP contribution is -2.51. The SMILES string of the molecule is CC[C@H](C)[C@H](N)C(=O)N(C)[C@H](C[C@H](OC(C)=O)c1nc(C(=O)N[C@@H](Cc2ccccc2)C[C@H](C)C(=O)O)cs1)C(C)C. The number of benzene rings is 1. The van der Waals surface area contributed by atoms with E-state index in [1.54, 1.807) is 24.3 Å². The number of hydrogen-bond donors (Lipinski definition) is 3. The molecule has 42 heavy (non-hydrogen) atoms. The fourth-order valence-electron chi connectivity index (χ4n) is 4.81. The highest BCUT2D eigenvalue weighted by Gasteiger charge is 2.33. The van der Waals surface area contributed by atoms with E-state index in [2.05, 4.69) is 10.3 Å². The van der Waals surface area contributed by atoms with Gasteiger partial charge < -0.3 is 25.8 Å². The van der Waals surface area contributed by atoms with E-state index in [-0.39, 0.29) is 42.3 Å². The van der Waals surface area contributed by atoms with Gasteiger partial charge in [0.05, 0.1) is 12.0 Å². The molecule has 1 aromatic carbocycles. The smallest absolute Gasteiger partial charge is 0.306 e. The van der Waals surface area contributed by atoms with Crippen molar-refractivity contribution in [1.82, 2.24) is 15.2 Å². The standard InChI is InChI=1S/C31H46N4O6S/c1-8-19(4)27(32)30(38)35(7)25(18(2)3)16-26(41-21(6)36)29-34-24(17-42-29)28(37)33-23(14-20(5)31(39)40)15-22-12-10-9-11-13-22/h9-13,17-20,23,25-27H,8,14-16,32H2,1-7H3,(H,33,37)(H,39,40)/t19-,20-,23+,25+,26-,27-/m0/s1. The Balaban J connectivity index is 2.26. The Bertz CT molecular complexity index is 1190. The number of carbonyl (C=O) groups is 4. The van der Waals surface area contributed by atoms with Crippen molar-refractivity contribution in [3.05, 3.63) is 52.0 Å². The van der Waals surface area contributed by atoms with E-state index in [1.807, 2.05) is 58.0 Å². The maximum absolute atomic E-state index is 13.3. The van der Waals surface area contributed by atoms with Crippen LogP contribution in [-0.2, 0) is 25.5 Å². The van der Waals surface area contributed by atoms with Crippen molar-refractivity contribution in [2.24, 2.45) is 23.5 Å². The molecule has 2 amide bonds. The largest absolute Gasteiger partial charge is 0.481 e. The number of aromatic nitrogens is 1. The first-order valence-corrected chi connectivity index (χ1v) is 15.3. The Hall–Kier alpha value is -3.31. The summed E-state index contributed by atoms with van der Waals surface area (Å²) in [4.78, 5) is 56.2. The maximum atomic E-state index is 13.3. The molecular weight excluding hydrogens is 556 g/mol. The van der Waals surface area contributed by atoms with Gasteiger partial charge in [-0.1, -0.05) is 71.4 Å². The van der Waals surface area contributed by atoms with Gasteiger partial charge in [-0.3, -0.25) is 19.2 Å². The normalized spacial score (nSPS) is 15.6. The molecule has 0 aliphatic carbocycles. The van der Waals surface area contributed by atoms with Crippen LogP contribution >= 0.6 is 11.3 Å². The average Bonchev–Trinajstić information content (AvgIpc) is 3.44. The lowest BCUT2D eigenvalue weighted by molar-refractivity contribution is -0.148. The fourth-order valence-corrected chi connectivity index (χ4v) is 5.65. The second-order valence-corrected chi connectivity index (χ2v) is 12.3. The number of hydrogen-bond acceptors (Lipinski definition) is 8. The van der Waals surface area contributed by atoms with Crippen LogP contribution in [0.5, 0.6) is 0 Å². The van der Waals surface area contributed by atoms with Gasteiger partial charge in [-0.25, -0.2) is 4.98 Å². The highest BCUT2D eigenvalue weighted by Crippen LogP contribution is 2.31. The molecule has 6 atom stereocenters. The van der Waals surface area contributed by atoms with Crippen LogP contribution in [-0.4, -0.2) is 63.9 Å². The van der Waals surface area contributed by atoms with Gasteiger partial charge in [-0.05, 0) is 30.2 Å². The van der Waals surface area contributed by atoms with E-state index in [4.69, 9.17) is 10.5 Å². The number of carboxylic acid groups (broad SMARTS) is 1. The van der Waals surface area contributed by atoms with Gasteiger partial charge in [0.2, 0.25) is 5.91 Å². The Morgan fingerprint density at radius 1 is 1.10 bits per heavy atom. The molecule has 0 bridgehead atoms. The molecular formula is C31H46N4O6S. The minimum absolute atomic E-state index is 0.0151. The topological polar surface area (TPSA) is 152 Å². The molecule has 2 aromatic rings. The summed E-state index contributed by atoms with van der Waals surface area (Å²) in [5.74, 6) is -2.66. The van der Waals surface area contributed by atoms with Crippen LogP contribution in [0.4, 0.5) is 0 Å². The minimum atomic E-state index is -0.934. The third-order valence-corrected chi connectivity index (χ3v) is 8.61. The van der Waals surface area contributed by atoms with Gasteiger partial charge in [0.25, 0.3) is 5.91 Å². The van der Waals surface area contributed by atoms with Crippen LogP contribution in [0.25, 0.3) is 0 Å². The fraction of sp³-hybridized carbons (Fsp3) is 0.581. The number of nitrogens with zero attached hydrogens (tertiary/aromatic N) is 2. The molecule has 232 valence electrons. The average molecular weight is 603 g/mol. The number of aliphatic carboxylic acids is 1. The molecule has 0 saturated heterocycles. The number of carbonyl (C=O) groups excluding carboxylic acids is 3. The maximum Gasteiger partial charge on any atom is 0.306 e. The highest BCUT2D eigenvalue weighted by atomic mass is 32.1. The molecule has 0 spiro atoms. The van der Waals surface area contributed by atoms with E-state index >= 15 is 0 Å². The van der Waals surface area contributed by atoms with Crippen molar-refractivity contribution in [1.29, 1.82) is 0 Å². The number of rotatable bonds is 16. The lowest BCUT2D eigenvalue weighted by atomic mass is 9.93. The van der Waals surface area contributed by atoms with E-state index in [0.717, 1.165) is 12.0 Å². The summed E-state index contributed by atoms with van der Waals surface area (Å²) in [5, 5.41) is 14.4. The minimum Gasteiger partial charge on any atom is -0.481 e. The number of amides is 2. The zero-order valence-corrected chi connectivity index (χ0v) is 26.5. The predicted molar refractivity (Wildman–Crippen MR) is 163 cm³/mol. The number of ether oxygens (including phenoxy) is 1. The van der Waals surface area contributed by atoms with Gasteiger partial charge >= 0.3 is 11.9 Å². The van der Waals surface area contributed by atoms with Crippen LogP contribution in [0, 0.1) is 17.8 Å². The van der Waals surface area contributed by atoms with Gasteiger partial charge in [-0.2, -0.15) is 0 Å². The van der Waals surface area contributed by atoms with E-state index in [0.29, 0.717) is 11.4 Å². The summed E-state index contributed by atoms with van der Waals surface area (Å²) in [6.45, 7) is 10.8. The molecule has 0 unspecified atom stereocenters. The molecule has 0 saturated carbocycles. The van der Waals surface area contributed by atoms with Gasteiger partial charge in [0.1, 0.15) is 10.7 Å². The third-order valence-electron chi connectivity index (χ3n) is 7.67. The van der Waals surface area contributed by atoms with Crippen molar-refractivity contribution in [2.45, 2.75) is 91.5 Å². The molecule has 2 rings (SSSR count). The quantitative estimate of drug-likeness (QED) is 0.239. The monoisotopic (exact) mass is 602 g/mol. The van der Waals surface area contributed by atoms with Crippen molar-refractivity contribution in [3.63, 3.8) is 0 Å². The number of esters is 1. The van der Waals surface area contributed by atoms with Gasteiger partial charge in [0.15, 0.2) is 6.10 Å². The summed E-state index contributed by atoms with van der Waals surface area (Å²) in [5.41, 5.74) is 7.36. The molecule has 0 aliphatic rings. The zero-order valence-electron chi connectivity index (χ0n) is 25.7. The summed E-state index contributed by atoms with van der Waals surface area (Å²) >= 11 is 1.20. The second-order valence-electron chi connectivity index (χ2n) is 11.4. The first-order valence-electron chi connectivity index (χ1n) is 14.5. The molecule has 11 heteroatoms. The van der Waals surface area contributed by atoms with Gasteiger partial charge in [-0.15, -0.1) is 11.3 Å². The molecule has 0 aliphatic heterocycles. The van der Waals surface area contributed by atoms with E-state index < -0.39 is 42.0 Å². The molecule has 1 aromatic heterocycles. The van der Waals surface area contributed by atoms with E-state index in [9.17, 15) is 24.3 Å². The van der Waals surface area contributed by atoms with Crippen molar-refractivity contribution < 1.29 is 29.0 Å². The molecule has 4 N–H and O–H groups in total. The summed E-state index contributed by atoms with van der Waals surface area (Å²) in [7, 11) is 1.71. The first kappa shape index (κ1) is 34.9. The number of likely N-dealkylation sites (N-methyl/N-ethyl adjacent to an activating group) is 1. The molecule has 10 nitrogen and oxygen atoms in total. The Kier molecular flexibility index (Phi) is 13.6. The molecule has 1 heterocycles. The van der Waals surface area contributed by atoms with Crippen LogP contribution in [0.1, 0.15) is 88.0 Å². The Morgan fingerprint density at radius 3 is 2.29 bits per heavy atom. The van der Waals surface area contributed by atoms with Crippen molar-refractivity contribution in [3.8, 4) is 0 Å². The lowest BCUT2D eigenvalue weighted by Gasteiger charge is -2.35. The van der Waals surface area contributed by atoms with Crippen molar-refractivity contribution in [2.75, 3.05) is 7.05 Å². The van der Waals surface area contributed by atoms with Crippen LogP contribution in [0.2, 0.25) is 0 Å². The van der Waals surface area contributed by atoms with E-state index in [1.165, 1.54) is 18.3 Å². The Morgan fingerprint density at radius 2 is 1.74 bits per heavy atom. The number of nitrogens with two attached hydrogens (primary N) is 1. The van der Waals surface area contributed by atoms with Crippen LogP contribution < -0.4 is 11.1 Å². The second kappa shape index (κ2) is 16.4. The molecule has 0 fully saturated rings. The summed E-state index contributed by atoms with van der Waals surface area (Å²) in [6.07, 6.45) is 0.997. The summed E-state index contributed by atoms with van der Waals surface area (Å²) in [6, 6.07) is 8.16. The Labute approximate surface area is 253 Å². The third kappa shape index (κ3) is 10.2. The number of thiazole rings is 1. The van der Waals surface area contributed by atoms with Crippen LogP contribution in [0.3, 0.4) is 0 Å². The number of nitrogens with one attached hydrogen (secondary N) is 1. The van der Waals surface area contributed by atoms with Crippen LogP contribution in [0.15, 0.2) is 35.7 Å². The van der Waals surface area contributed by atoms with Gasteiger partial charge in [0, 0.05) is 37.9 Å². The first-order chi connectivity index (χ1) is 19.7. The molecule has 0 radical (unpaired) electrons. The number of carboxylic acids is 1. The summed E-state index contributed by atoms with van der Waals surface area (Å²) < 4.78 is 5.65. The zero-order chi connectivity index (χ0) is 31.6. The van der Waals surface area contributed by atoms with Crippen molar-refractivity contribution >= 4 is 35.1 Å². The highest BCUT2D eigenvalue weighted by molar-refractivity contribution is 7.09. The predicted octanol–water partition coefficient (Wildman–Crippen LogP) is 4.45.